The molecule has 5 rings (SSSR count). The van der Waals surface area contributed by atoms with Crippen LogP contribution in [0.25, 0.3) is 16.6 Å². The van der Waals surface area contributed by atoms with Gasteiger partial charge < -0.3 is 9.32 Å². The van der Waals surface area contributed by atoms with E-state index < -0.39 is 0 Å². The van der Waals surface area contributed by atoms with E-state index in [1.54, 1.807) is 0 Å². The Bertz CT molecular complexity index is 1140. The van der Waals surface area contributed by atoms with Gasteiger partial charge in [0.1, 0.15) is 11.4 Å². The van der Waals surface area contributed by atoms with Gasteiger partial charge in [0.25, 0.3) is 5.91 Å². The third-order valence-electron chi connectivity index (χ3n) is 5.45. The molecule has 0 N–H and O–H groups in total. The van der Waals surface area contributed by atoms with Gasteiger partial charge in [0.05, 0.1) is 0 Å². The Labute approximate surface area is 156 Å². The van der Waals surface area contributed by atoms with Crippen molar-refractivity contribution in [3.63, 3.8) is 0 Å². The molecule has 136 valence electrons. The lowest BCUT2D eigenvalue weighted by Crippen LogP contribution is -2.39. The SMILES string of the molecule is Cc1c(C(=O)N2CCC[C@H](c3nnc4ccccn34)C2)oc2ccccc12. The molecule has 4 heterocycles. The number of rotatable bonds is 2. The molecule has 1 atom stereocenters. The van der Waals surface area contributed by atoms with E-state index in [0.717, 1.165) is 47.4 Å². The molecule has 0 unspecified atom stereocenters. The zero-order valence-corrected chi connectivity index (χ0v) is 15.1. The fourth-order valence-electron chi connectivity index (χ4n) is 4.03. The molecule has 4 aromatic rings. The monoisotopic (exact) mass is 360 g/mol. The van der Waals surface area contributed by atoms with Gasteiger partial charge in [-0.25, -0.2) is 0 Å². The smallest absolute Gasteiger partial charge is 0.289 e. The highest BCUT2D eigenvalue weighted by molar-refractivity contribution is 5.99. The van der Waals surface area contributed by atoms with E-state index in [1.807, 2.05) is 64.9 Å². The summed E-state index contributed by atoms with van der Waals surface area (Å²) in [4.78, 5) is 15.1. The van der Waals surface area contributed by atoms with Crippen molar-refractivity contribution in [2.45, 2.75) is 25.7 Å². The number of carbonyl (C=O) groups is 1. The summed E-state index contributed by atoms with van der Waals surface area (Å²) in [5, 5.41) is 9.64. The van der Waals surface area contributed by atoms with Gasteiger partial charge in [0.2, 0.25) is 0 Å². The molecule has 1 saturated heterocycles. The van der Waals surface area contributed by atoms with E-state index in [2.05, 4.69) is 10.2 Å². The topological polar surface area (TPSA) is 63.6 Å². The predicted octanol–water partition coefficient (Wildman–Crippen LogP) is 3.80. The second kappa shape index (κ2) is 6.23. The maximum absolute atomic E-state index is 13.2. The summed E-state index contributed by atoms with van der Waals surface area (Å²) in [5.41, 5.74) is 2.50. The van der Waals surface area contributed by atoms with Gasteiger partial charge in [-0.05, 0) is 38.0 Å². The van der Waals surface area contributed by atoms with Gasteiger partial charge >= 0.3 is 0 Å². The maximum Gasteiger partial charge on any atom is 0.289 e. The fraction of sp³-hybridized carbons (Fsp3) is 0.286. The number of aryl methyl sites for hydroxylation is 1. The van der Waals surface area contributed by atoms with Crippen molar-refractivity contribution in [2.24, 2.45) is 0 Å². The van der Waals surface area contributed by atoms with Gasteiger partial charge in [-0.15, -0.1) is 10.2 Å². The van der Waals surface area contributed by atoms with Crippen LogP contribution in [0.4, 0.5) is 0 Å². The van der Waals surface area contributed by atoms with Gasteiger partial charge in [0.15, 0.2) is 11.4 Å². The van der Waals surface area contributed by atoms with Crippen molar-refractivity contribution < 1.29 is 9.21 Å². The predicted molar refractivity (Wildman–Crippen MR) is 102 cm³/mol. The van der Waals surface area contributed by atoms with Crippen LogP contribution in [0.2, 0.25) is 0 Å². The first kappa shape index (κ1) is 16.1. The highest BCUT2D eigenvalue weighted by Gasteiger charge is 2.30. The lowest BCUT2D eigenvalue weighted by Gasteiger charge is -2.31. The molecule has 1 aromatic carbocycles. The van der Waals surface area contributed by atoms with Gasteiger partial charge in [-0.2, -0.15) is 0 Å². The summed E-state index contributed by atoms with van der Waals surface area (Å²) in [5.74, 6) is 1.50. The molecule has 6 heteroatoms. The summed E-state index contributed by atoms with van der Waals surface area (Å²) >= 11 is 0. The van der Waals surface area contributed by atoms with Crippen LogP contribution >= 0.6 is 0 Å². The molecule has 1 aliphatic heterocycles. The lowest BCUT2D eigenvalue weighted by atomic mass is 9.96. The number of piperidine rings is 1. The standard InChI is InChI=1S/C21H20N4O2/c1-14-16-8-2-3-9-17(16)27-19(14)21(26)24-11-6-7-15(13-24)20-23-22-18-10-4-5-12-25(18)20/h2-5,8-10,12,15H,6-7,11,13H2,1H3/t15-/m0/s1. The number of carbonyl (C=O) groups excluding carboxylic acids is 1. The van der Waals surface area contributed by atoms with Crippen molar-refractivity contribution in [2.75, 3.05) is 13.1 Å². The molecule has 1 fully saturated rings. The quantitative estimate of drug-likeness (QED) is 0.545. The van der Waals surface area contributed by atoms with Gasteiger partial charge in [0, 0.05) is 36.2 Å². The molecule has 27 heavy (non-hydrogen) atoms. The van der Waals surface area contributed by atoms with Gasteiger partial charge in [-0.3, -0.25) is 9.20 Å². The number of hydrogen-bond donors (Lipinski definition) is 0. The Morgan fingerprint density at radius 2 is 2.00 bits per heavy atom. The number of pyridine rings is 1. The summed E-state index contributed by atoms with van der Waals surface area (Å²) in [7, 11) is 0. The minimum Gasteiger partial charge on any atom is -0.451 e. The molecule has 0 radical (unpaired) electrons. The highest BCUT2D eigenvalue weighted by atomic mass is 16.3. The van der Waals surface area contributed by atoms with Crippen LogP contribution in [0.5, 0.6) is 0 Å². The van der Waals surface area contributed by atoms with Crippen LogP contribution in [0.3, 0.4) is 0 Å². The van der Waals surface area contributed by atoms with E-state index in [4.69, 9.17) is 4.42 Å². The highest BCUT2D eigenvalue weighted by Crippen LogP contribution is 2.30. The Balaban J connectivity index is 1.45. The van der Waals surface area contributed by atoms with Crippen molar-refractivity contribution in [1.82, 2.24) is 19.5 Å². The second-order valence-corrected chi connectivity index (χ2v) is 7.13. The Kier molecular flexibility index (Phi) is 3.70. The normalized spacial score (nSPS) is 17.7. The van der Waals surface area contributed by atoms with Crippen LogP contribution in [-0.2, 0) is 0 Å². The zero-order chi connectivity index (χ0) is 18.4. The molecule has 0 spiro atoms. The van der Waals surface area contributed by atoms with Crippen LogP contribution < -0.4 is 0 Å². The molecule has 6 nitrogen and oxygen atoms in total. The first-order chi connectivity index (χ1) is 13.2. The molecular formula is C21H20N4O2. The molecule has 0 saturated carbocycles. The van der Waals surface area contributed by atoms with Crippen LogP contribution in [0, 0.1) is 6.92 Å². The lowest BCUT2D eigenvalue weighted by molar-refractivity contribution is 0.0673. The molecule has 1 amide bonds. The Morgan fingerprint density at radius 3 is 2.89 bits per heavy atom. The third-order valence-corrected chi connectivity index (χ3v) is 5.45. The maximum atomic E-state index is 13.2. The molecule has 0 bridgehead atoms. The summed E-state index contributed by atoms with van der Waals surface area (Å²) in [6.45, 7) is 3.32. The average molecular weight is 360 g/mol. The molecule has 3 aromatic heterocycles. The van der Waals surface area contributed by atoms with Crippen LogP contribution in [-0.4, -0.2) is 38.5 Å². The Hall–Kier alpha value is -3.15. The van der Waals surface area contributed by atoms with Crippen molar-refractivity contribution >= 4 is 22.5 Å². The van der Waals surface area contributed by atoms with Crippen LogP contribution in [0.1, 0.15) is 40.7 Å². The van der Waals surface area contributed by atoms with Crippen LogP contribution in [0.15, 0.2) is 53.1 Å². The molecule has 0 aliphatic carbocycles. The Morgan fingerprint density at radius 1 is 1.15 bits per heavy atom. The van der Waals surface area contributed by atoms with E-state index in [1.165, 1.54) is 0 Å². The minimum atomic E-state index is -0.0396. The van der Waals surface area contributed by atoms with E-state index in [9.17, 15) is 4.79 Å². The first-order valence-corrected chi connectivity index (χ1v) is 9.29. The number of furan rings is 1. The number of nitrogens with zero attached hydrogens (tertiary/aromatic N) is 4. The second-order valence-electron chi connectivity index (χ2n) is 7.13. The van der Waals surface area contributed by atoms with Gasteiger partial charge in [-0.1, -0.05) is 24.3 Å². The first-order valence-electron chi connectivity index (χ1n) is 9.29. The summed E-state index contributed by atoms with van der Waals surface area (Å²) in [6.07, 6.45) is 3.92. The van der Waals surface area contributed by atoms with E-state index in [0.29, 0.717) is 12.3 Å². The average Bonchev–Trinajstić information content (AvgIpc) is 3.29. The van der Waals surface area contributed by atoms with E-state index in [-0.39, 0.29) is 11.8 Å². The number of amides is 1. The summed E-state index contributed by atoms with van der Waals surface area (Å²) < 4.78 is 7.90. The van der Waals surface area contributed by atoms with E-state index >= 15 is 0 Å². The summed E-state index contributed by atoms with van der Waals surface area (Å²) in [6, 6.07) is 13.7. The van der Waals surface area contributed by atoms with Crippen molar-refractivity contribution in [3.05, 3.63) is 65.8 Å². The number of fused-ring (bicyclic) bond motifs is 2. The van der Waals surface area contributed by atoms with Crippen molar-refractivity contribution in [1.29, 1.82) is 0 Å². The minimum absolute atomic E-state index is 0.0396. The zero-order valence-electron chi connectivity index (χ0n) is 15.1. The number of para-hydroxylation sites is 1. The molecule has 1 aliphatic rings. The molecular weight excluding hydrogens is 340 g/mol. The fourth-order valence-corrected chi connectivity index (χ4v) is 4.03. The third kappa shape index (κ3) is 2.60. The largest absolute Gasteiger partial charge is 0.451 e. The number of aromatic nitrogens is 3. The number of hydrogen-bond acceptors (Lipinski definition) is 4. The van der Waals surface area contributed by atoms with Crippen molar-refractivity contribution in [3.8, 4) is 0 Å². The number of likely N-dealkylation sites (tertiary alicyclic amines) is 1. The number of benzene rings is 1.